The van der Waals surface area contributed by atoms with E-state index in [1.165, 1.54) is 6.08 Å². The van der Waals surface area contributed by atoms with Crippen LogP contribution in [0.3, 0.4) is 0 Å². The summed E-state index contributed by atoms with van der Waals surface area (Å²) in [6.07, 6.45) is 4.30. The number of carbonyl (C=O) groups excluding carboxylic acids is 1. The molecule has 0 bridgehead atoms. The number of sulfone groups is 1. The summed E-state index contributed by atoms with van der Waals surface area (Å²) in [5, 5.41) is 13.2. The summed E-state index contributed by atoms with van der Waals surface area (Å²) in [7, 11) is -3.21. The molecule has 2 rings (SSSR count). The Balaban J connectivity index is 2.14. The van der Waals surface area contributed by atoms with Crippen LogP contribution in [0.15, 0.2) is 29.7 Å². The highest BCUT2D eigenvalue weighted by atomic mass is 35.5. The zero-order valence-electron chi connectivity index (χ0n) is 14.8. The number of nitrogens with zero attached hydrogens (tertiary/aromatic N) is 2. The van der Waals surface area contributed by atoms with E-state index in [0.29, 0.717) is 23.0 Å². The van der Waals surface area contributed by atoms with Crippen molar-refractivity contribution in [3.8, 4) is 6.07 Å². The normalized spacial score (nSPS) is 20.8. The van der Waals surface area contributed by atoms with Crippen LogP contribution in [0.5, 0.6) is 0 Å². The van der Waals surface area contributed by atoms with E-state index >= 15 is 0 Å². The Morgan fingerprint density at radius 1 is 1.46 bits per heavy atom. The summed E-state index contributed by atoms with van der Waals surface area (Å²) in [6, 6.07) is 6.89. The van der Waals surface area contributed by atoms with Gasteiger partial charge in [-0.1, -0.05) is 30.7 Å². The van der Waals surface area contributed by atoms with Crippen LogP contribution in [-0.4, -0.2) is 38.7 Å². The first kappa shape index (κ1) is 20.3. The number of rotatable bonds is 4. The van der Waals surface area contributed by atoms with Crippen molar-refractivity contribution in [2.24, 2.45) is 5.92 Å². The van der Waals surface area contributed by atoms with Crippen LogP contribution in [0.25, 0.3) is 0 Å². The van der Waals surface area contributed by atoms with Crippen molar-refractivity contribution in [3.63, 3.8) is 0 Å². The van der Waals surface area contributed by atoms with Gasteiger partial charge in [-0.05, 0) is 36.5 Å². The summed E-state index contributed by atoms with van der Waals surface area (Å²) in [5.41, 5.74) is 1.30. The van der Waals surface area contributed by atoms with Crippen LogP contribution in [0, 0.1) is 17.2 Å². The smallest absolute Gasteiger partial charge is 0.318 e. The van der Waals surface area contributed by atoms with Crippen LogP contribution < -0.4 is 5.32 Å². The van der Waals surface area contributed by atoms with Crippen LogP contribution in [0.4, 0.5) is 4.79 Å². The van der Waals surface area contributed by atoms with Gasteiger partial charge in [-0.15, -0.1) is 0 Å². The third-order valence-electron chi connectivity index (χ3n) is 4.29. The largest absolute Gasteiger partial charge is 0.334 e. The summed E-state index contributed by atoms with van der Waals surface area (Å²) in [5.74, 6) is 0.373. The number of benzene rings is 1. The minimum absolute atomic E-state index is 0.129. The maximum atomic E-state index is 12.6. The number of likely N-dealkylation sites (tertiary alicyclic amines) is 1. The molecule has 2 unspecified atom stereocenters. The van der Waals surface area contributed by atoms with E-state index in [1.54, 1.807) is 17.0 Å². The number of hydrogen-bond acceptors (Lipinski definition) is 4. The first-order chi connectivity index (χ1) is 12.2. The molecule has 26 heavy (non-hydrogen) atoms. The first-order valence-electron chi connectivity index (χ1n) is 8.32. The van der Waals surface area contributed by atoms with E-state index in [1.807, 2.05) is 12.1 Å². The first-order valence-corrected chi connectivity index (χ1v) is 10.6. The summed E-state index contributed by atoms with van der Waals surface area (Å²) >= 11 is 6.14. The highest BCUT2D eigenvalue weighted by molar-refractivity contribution is 7.93. The molecular formula is C18H22ClN3O3S. The lowest BCUT2D eigenvalue weighted by Gasteiger charge is -2.39. The van der Waals surface area contributed by atoms with E-state index < -0.39 is 9.84 Å². The zero-order valence-corrected chi connectivity index (χ0v) is 16.3. The topological polar surface area (TPSA) is 90.3 Å². The molecule has 0 aliphatic carbocycles. The average molecular weight is 396 g/mol. The minimum atomic E-state index is -3.21. The second-order valence-corrected chi connectivity index (χ2v) is 8.93. The molecule has 8 heteroatoms. The molecule has 2 atom stereocenters. The molecule has 140 valence electrons. The monoisotopic (exact) mass is 395 g/mol. The highest BCUT2D eigenvalue weighted by Crippen LogP contribution is 2.34. The molecule has 2 amide bonds. The van der Waals surface area contributed by atoms with E-state index in [-0.39, 0.29) is 18.6 Å². The zero-order chi connectivity index (χ0) is 19.3. The number of nitriles is 1. The molecule has 1 heterocycles. The van der Waals surface area contributed by atoms with Gasteiger partial charge in [-0.2, -0.15) is 5.26 Å². The van der Waals surface area contributed by atoms with Gasteiger partial charge in [0.1, 0.15) is 6.07 Å². The molecule has 0 spiro atoms. The molecule has 0 saturated carbocycles. The molecule has 1 N–H and O–H groups in total. The highest BCUT2D eigenvalue weighted by Gasteiger charge is 2.31. The van der Waals surface area contributed by atoms with Gasteiger partial charge in [0.2, 0.25) is 0 Å². The predicted octanol–water partition coefficient (Wildman–Crippen LogP) is 3.25. The van der Waals surface area contributed by atoms with Gasteiger partial charge in [-0.25, -0.2) is 13.2 Å². The molecule has 1 aliphatic heterocycles. The van der Waals surface area contributed by atoms with Gasteiger partial charge in [0, 0.05) is 24.8 Å². The number of nitrogens with one attached hydrogen (secondary N) is 1. The maximum Gasteiger partial charge on any atom is 0.318 e. The number of amides is 2. The van der Waals surface area contributed by atoms with Gasteiger partial charge >= 0.3 is 6.03 Å². The second kappa shape index (κ2) is 8.56. The van der Waals surface area contributed by atoms with E-state index in [2.05, 4.69) is 12.2 Å². The molecule has 1 aromatic carbocycles. The van der Waals surface area contributed by atoms with Crippen molar-refractivity contribution < 1.29 is 13.2 Å². The van der Waals surface area contributed by atoms with Gasteiger partial charge in [-0.3, -0.25) is 0 Å². The lowest BCUT2D eigenvalue weighted by atomic mass is 9.90. The Hall–Kier alpha value is -2.04. The quantitative estimate of drug-likeness (QED) is 0.847. The molecule has 1 aromatic rings. The van der Waals surface area contributed by atoms with E-state index in [4.69, 9.17) is 16.9 Å². The second-order valence-electron chi connectivity index (χ2n) is 6.59. The van der Waals surface area contributed by atoms with Gasteiger partial charge < -0.3 is 10.2 Å². The van der Waals surface area contributed by atoms with Crippen LogP contribution in [0.1, 0.15) is 36.9 Å². The minimum Gasteiger partial charge on any atom is -0.334 e. The lowest BCUT2D eigenvalue weighted by Crippen LogP contribution is -2.46. The average Bonchev–Trinajstić information content (AvgIpc) is 2.57. The van der Waals surface area contributed by atoms with Crippen molar-refractivity contribution in [3.05, 3.63) is 45.8 Å². The Morgan fingerprint density at radius 2 is 2.19 bits per heavy atom. The van der Waals surface area contributed by atoms with Crippen LogP contribution in [0.2, 0.25) is 5.02 Å². The fraction of sp³-hybridized carbons (Fsp3) is 0.444. The maximum absolute atomic E-state index is 12.6. The molecule has 1 saturated heterocycles. The standard InChI is InChI=1S/C18H22ClN3O3S/c1-13-4-7-17(14-5-6-15(11-20)16(19)10-14)22(12-13)18(23)21-8-3-9-26(2,24)25/h3,5-6,9-10,13,17H,4,7-8,12H2,1-2H3,(H,21,23)/b9-3+. The molecule has 1 fully saturated rings. The van der Waals surface area contributed by atoms with Crippen molar-refractivity contribution in [2.75, 3.05) is 19.3 Å². The van der Waals surface area contributed by atoms with Gasteiger partial charge in [0.05, 0.1) is 16.6 Å². The third kappa shape index (κ3) is 5.48. The predicted molar refractivity (Wildman–Crippen MR) is 101 cm³/mol. The number of halogens is 1. The fourth-order valence-corrected chi connectivity index (χ4v) is 3.70. The molecule has 1 aliphatic rings. The SMILES string of the molecule is CC1CCC(c2ccc(C#N)c(Cl)c2)N(C(=O)NC/C=C/S(C)(=O)=O)C1. The number of piperidine rings is 1. The Morgan fingerprint density at radius 3 is 2.81 bits per heavy atom. The molecular weight excluding hydrogens is 374 g/mol. The molecule has 0 radical (unpaired) electrons. The Labute approximate surface area is 159 Å². The number of hydrogen-bond donors (Lipinski definition) is 1. The molecule has 0 aromatic heterocycles. The van der Waals surface area contributed by atoms with Gasteiger partial charge in [0.25, 0.3) is 0 Å². The molecule has 6 nitrogen and oxygen atoms in total. The third-order valence-corrected chi connectivity index (χ3v) is 5.29. The number of carbonyl (C=O) groups is 1. The van der Waals surface area contributed by atoms with Crippen molar-refractivity contribution in [1.29, 1.82) is 5.26 Å². The lowest BCUT2D eigenvalue weighted by molar-refractivity contribution is 0.130. The summed E-state index contributed by atoms with van der Waals surface area (Å²) < 4.78 is 22.2. The van der Waals surface area contributed by atoms with Crippen molar-refractivity contribution in [1.82, 2.24) is 10.2 Å². The van der Waals surface area contributed by atoms with Crippen LogP contribution >= 0.6 is 11.6 Å². The van der Waals surface area contributed by atoms with E-state index in [9.17, 15) is 13.2 Å². The Bertz CT molecular complexity index is 846. The van der Waals surface area contributed by atoms with Gasteiger partial charge in [0.15, 0.2) is 9.84 Å². The number of urea groups is 1. The van der Waals surface area contributed by atoms with E-state index in [0.717, 1.165) is 30.1 Å². The van der Waals surface area contributed by atoms with Crippen molar-refractivity contribution >= 4 is 27.5 Å². The van der Waals surface area contributed by atoms with Crippen LogP contribution in [-0.2, 0) is 9.84 Å². The van der Waals surface area contributed by atoms with Crippen molar-refractivity contribution in [2.45, 2.75) is 25.8 Å². The summed E-state index contributed by atoms with van der Waals surface area (Å²) in [4.78, 5) is 14.4. The Kier molecular flexibility index (Phi) is 6.68. The fourth-order valence-electron chi connectivity index (χ4n) is 3.02. The summed E-state index contributed by atoms with van der Waals surface area (Å²) in [6.45, 7) is 2.83.